The van der Waals surface area contributed by atoms with Gasteiger partial charge in [-0.25, -0.2) is 0 Å². The molecule has 0 aromatic heterocycles. The third-order valence-corrected chi connectivity index (χ3v) is 13.8. The summed E-state index contributed by atoms with van der Waals surface area (Å²) in [6.45, 7) is 14.8. The van der Waals surface area contributed by atoms with Gasteiger partial charge in [-0.05, 0) is 109 Å². The lowest BCUT2D eigenvalue weighted by Crippen LogP contribution is -2.62. The summed E-state index contributed by atoms with van der Waals surface area (Å²) in [5.74, 6) is 0.780. The van der Waals surface area contributed by atoms with Crippen LogP contribution in [-0.4, -0.2) is 11.8 Å². The first-order valence-corrected chi connectivity index (χ1v) is 17.6. The molecule has 0 spiro atoms. The Morgan fingerprint density at radius 1 is 0.787 bits per heavy atom. The van der Waals surface area contributed by atoms with Crippen molar-refractivity contribution in [3.63, 3.8) is 0 Å². The maximum absolute atomic E-state index is 13.8. The molecule has 7 rings (SSSR count). The number of fused-ring (bicyclic) bond motifs is 7. The highest BCUT2D eigenvalue weighted by molar-refractivity contribution is 6.07. The van der Waals surface area contributed by atoms with Crippen LogP contribution < -0.4 is 0 Å². The van der Waals surface area contributed by atoms with Crippen LogP contribution in [0.3, 0.4) is 0 Å². The van der Waals surface area contributed by atoms with Crippen molar-refractivity contribution in [2.45, 2.75) is 99.7 Å². The highest BCUT2D eigenvalue weighted by atomic mass is 16.5. The molecule has 0 saturated heterocycles. The fourth-order valence-electron chi connectivity index (χ4n) is 10.4. The van der Waals surface area contributed by atoms with Crippen LogP contribution in [0.5, 0.6) is 0 Å². The summed E-state index contributed by atoms with van der Waals surface area (Å²) in [5, 5.41) is 0. The maximum atomic E-state index is 13.8. The number of carbonyl (C=O) groups excluding carboxylic acids is 2. The van der Waals surface area contributed by atoms with Gasteiger partial charge in [0.25, 0.3) is 0 Å². The van der Waals surface area contributed by atoms with Crippen LogP contribution in [0.1, 0.15) is 97.6 Å². The van der Waals surface area contributed by atoms with Crippen LogP contribution in [-0.2, 0) is 32.3 Å². The number of ether oxygens (including phenoxy) is 2. The van der Waals surface area contributed by atoms with Crippen LogP contribution in [0.15, 0.2) is 107 Å². The van der Waals surface area contributed by atoms with E-state index >= 15 is 0 Å². The highest BCUT2D eigenvalue weighted by Crippen LogP contribution is 2.75. The van der Waals surface area contributed by atoms with Gasteiger partial charge < -0.3 is 9.47 Å². The molecule has 0 aliphatic heterocycles. The molecule has 0 amide bonds. The third kappa shape index (κ3) is 4.92. The molecule has 0 N–H and O–H groups in total. The molecule has 2 aromatic rings. The van der Waals surface area contributed by atoms with Gasteiger partial charge in [-0.1, -0.05) is 106 Å². The second kappa shape index (κ2) is 11.2. The molecule has 5 aliphatic rings. The van der Waals surface area contributed by atoms with Crippen molar-refractivity contribution in [3.05, 3.63) is 118 Å². The Hall–Kier alpha value is -3.66. The van der Waals surface area contributed by atoms with Gasteiger partial charge in [0, 0.05) is 11.0 Å². The number of esters is 1. The van der Waals surface area contributed by atoms with E-state index in [1.165, 1.54) is 5.57 Å². The molecule has 0 bridgehead atoms. The summed E-state index contributed by atoms with van der Waals surface area (Å²) in [6.07, 6.45) is 13.6. The van der Waals surface area contributed by atoms with Gasteiger partial charge in [-0.3, -0.25) is 9.59 Å². The highest BCUT2D eigenvalue weighted by Gasteiger charge is 2.67. The Balaban J connectivity index is 1.19. The van der Waals surface area contributed by atoms with Crippen molar-refractivity contribution < 1.29 is 19.1 Å². The van der Waals surface area contributed by atoms with Gasteiger partial charge in [-0.15, -0.1) is 0 Å². The molecule has 246 valence electrons. The quantitative estimate of drug-likeness (QED) is 0.298. The number of hydrogen-bond donors (Lipinski definition) is 0. The van der Waals surface area contributed by atoms with Crippen molar-refractivity contribution in [2.24, 2.45) is 33.0 Å². The molecule has 6 atom stereocenters. The summed E-state index contributed by atoms with van der Waals surface area (Å²) in [6, 6.07) is 20.0. The van der Waals surface area contributed by atoms with Gasteiger partial charge in [-0.2, -0.15) is 0 Å². The smallest absolute Gasteiger partial charge is 0.312 e. The molecule has 3 fully saturated rings. The Morgan fingerprint density at radius 2 is 1.43 bits per heavy atom. The minimum atomic E-state index is -0.495. The number of rotatable bonds is 6. The van der Waals surface area contributed by atoms with E-state index in [0.29, 0.717) is 24.9 Å². The summed E-state index contributed by atoms with van der Waals surface area (Å²) in [4.78, 5) is 27.5. The zero-order valence-electron chi connectivity index (χ0n) is 29.1. The van der Waals surface area contributed by atoms with E-state index in [4.69, 9.17) is 9.47 Å². The molecule has 47 heavy (non-hydrogen) atoms. The van der Waals surface area contributed by atoms with Crippen LogP contribution in [0.4, 0.5) is 0 Å². The van der Waals surface area contributed by atoms with Gasteiger partial charge in [0.1, 0.15) is 13.2 Å². The average molecular weight is 631 g/mol. The standard InChI is InChI=1S/C43H50O4/c1-29-32-17-18-35-41(4,33(32)25-34(44)37(29)46-27-30-13-9-7-10-14-30)22-24-43(6)36-26-40(3,20-19-39(36,2)21-23-42(35,43)5)38(45)47-28-31-15-11-8-12-16-31/h7-18,25,36H,19-24,26-28H2,1-6H3/t36-,39-,40-,41+,42-,43+/m1/s1. The zero-order valence-corrected chi connectivity index (χ0v) is 29.1. The van der Waals surface area contributed by atoms with Crippen molar-refractivity contribution in [3.8, 4) is 0 Å². The van der Waals surface area contributed by atoms with E-state index in [1.54, 1.807) is 0 Å². The molecule has 0 radical (unpaired) electrons. The summed E-state index contributed by atoms with van der Waals surface area (Å²) in [5.41, 5.74) is 6.22. The van der Waals surface area contributed by atoms with Crippen LogP contribution in [0.2, 0.25) is 0 Å². The Morgan fingerprint density at radius 3 is 2.11 bits per heavy atom. The molecule has 2 aromatic carbocycles. The SMILES string of the molecule is CC1=C(OCc2ccccc2)C(=O)C=C2C1=CC=C1[C@@]2(C)CC[C@@]2(C)[C@@H]3C[C@](C)(C(=O)OCc4ccccc4)CC[C@]3(C)CC[C@]12C. The van der Waals surface area contributed by atoms with Gasteiger partial charge in [0.05, 0.1) is 5.41 Å². The van der Waals surface area contributed by atoms with E-state index in [-0.39, 0.29) is 33.4 Å². The van der Waals surface area contributed by atoms with Crippen LogP contribution in [0.25, 0.3) is 0 Å². The van der Waals surface area contributed by atoms with E-state index in [2.05, 4.69) is 46.8 Å². The predicted molar refractivity (Wildman–Crippen MR) is 186 cm³/mol. The molecule has 0 heterocycles. The topological polar surface area (TPSA) is 52.6 Å². The number of allylic oxidation sites excluding steroid dienone is 7. The fourth-order valence-corrected chi connectivity index (χ4v) is 10.4. The molecule has 3 saturated carbocycles. The first kappa shape index (κ1) is 31.9. The van der Waals surface area contributed by atoms with Gasteiger partial charge >= 0.3 is 5.97 Å². The first-order chi connectivity index (χ1) is 22.3. The summed E-state index contributed by atoms with van der Waals surface area (Å²) >= 11 is 0. The normalized spacial score (nSPS) is 36.1. The second-order valence-corrected chi connectivity index (χ2v) is 16.4. The second-order valence-electron chi connectivity index (χ2n) is 16.4. The predicted octanol–water partition coefficient (Wildman–Crippen LogP) is 10.0. The maximum Gasteiger partial charge on any atom is 0.312 e. The van der Waals surface area contributed by atoms with Gasteiger partial charge in [0.15, 0.2) is 5.76 Å². The lowest BCUT2D eigenvalue weighted by atomic mass is 9.34. The Labute approximate surface area is 281 Å². The Kier molecular flexibility index (Phi) is 7.61. The molecule has 4 nitrogen and oxygen atoms in total. The third-order valence-electron chi connectivity index (χ3n) is 13.8. The van der Waals surface area contributed by atoms with Crippen molar-refractivity contribution in [1.82, 2.24) is 0 Å². The monoisotopic (exact) mass is 630 g/mol. The lowest BCUT2D eigenvalue weighted by Gasteiger charge is -2.70. The Bertz CT molecular complexity index is 1730. The van der Waals surface area contributed by atoms with E-state index in [0.717, 1.165) is 72.8 Å². The van der Waals surface area contributed by atoms with E-state index in [1.807, 2.05) is 73.7 Å². The van der Waals surface area contributed by atoms with Crippen LogP contribution >= 0.6 is 0 Å². The average Bonchev–Trinajstić information content (AvgIpc) is 3.07. The number of hydrogen-bond acceptors (Lipinski definition) is 4. The van der Waals surface area contributed by atoms with E-state index in [9.17, 15) is 9.59 Å². The number of benzene rings is 2. The van der Waals surface area contributed by atoms with E-state index < -0.39 is 5.41 Å². The van der Waals surface area contributed by atoms with Crippen molar-refractivity contribution >= 4 is 11.8 Å². The first-order valence-electron chi connectivity index (χ1n) is 17.6. The van der Waals surface area contributed by atoms with Gasteiger partial charge in [0.2, 0.25) is 5.78 Å². The van der Waals surface area contributed by atoms with Crippen molar-refractivity contribution in [2.75, 3.05) is 0 Å². The summed E-state index contributed by atoms with van der Waals surface area (Å²) < 4.78 is 12.2. The summed E-state index contributed by atoms with van der Waals surface area (Å²) in [7, 11) is 0. The molecule has 5 aliphatic carbocycles. The molecule has 0 unspecified atom stereocenters. The number of carbonyl (C=O) groups is 2. The fraction of sp³-hybridized carbons (Fsp3) is 0.488. The zero-order chi connectivity index (χ0) is 33.2. The molecule has 4 heteroatoms. The lowest BCUT2D eigenvalue weighted by molar-refractivity contribution is -0.183. The molecular formula is C43H50O4. The van der Waals surface area contributed by atoms with Crippen molar-refractivity contribution in [1.29, 1.82) is 0 Å². The minimum Gasteiger partial charge on any atom is -0.485 e. The molecular weight excluding hydrogens is 580 g/mol. The largest absolute Gasteiger partial charge is 0.485 e. The number of ketones is 1. The minimum absolute atomic E-state index is 0.0200. The van der Waals surface area contributed by atoms with Crippen LogP contribution in [0, 0.1) is 33.0 Å².